The Balaban J connectivity index is 3.22. The molecule has 0 saturated heterocycles. The Morgan fingerprint density at radius 2 is 2.29 bits per heavy atom. The maximum atomic E-state index is 10.9. The first-order chi connectivity index (χ1) is 6.56. The lowest BCUT2D eigenvalue weighted by molar-refractivity contribution is 0.0695. The van der Waals surface area contributed by atoms with Crippen molar-refractivity contribution in [2.75, 3.05) is 0 Å². The highest BCUT2D eigenvalue weighted by atomic mass is 35.5. The van der Waals surface area contributed by atoms with Gasteiger partial charge in [0.25, 0.3) is 0 Å². The van der Waals surface area contributed by atoms with Gasteiger partial charge in [-0.25, -0.2) is 4.79 Å². The molecular weight excluding hydrogens is 202 g/mol. The van der Waals surface area contributed by atoms with Gasteiger partial charge < -0.3 is 10.8 Å². The highest BCUT2D eigenvalue weighted by Gasteiger charge is 2.14. The van der Waals surface area contributed by atoms with Crippen molar-refractivity contribution in [3.05, 3.63) is 34.3 Å². The summed E-state index contributed by atoms with van der Waals surface area (Å²) in [5.74, 6) is -0.972. The summed E-state index contributed by atoms with van der Waals surface area (Å²) in [5.41, 5.74) is 6.60. The quantitative estimate of drug-likeness (QED) is 0.811. The third-order valence-corrected chi connectivity index (χ3v) is 2.32. The van der Waals surface area contributed by atoms with E-state index in [0.29, 0.717) is 17.0 Å². The fourth-order valence-corrected chi connectivity index (χ4v) is 1.44. The zero-order valence-corrected chi connectivity index (χ0v) is 8.58. The number of halogens is 1. The van der Waals surface area contributed by atoms with Crippen molar-refractivity contribution < 1.29 is 9.90 Å². The molecule has 0 aliphatic carbocycles. The van der Waals surface area contributed by atoms with E-state index in [-0.39, 0.29) is 11.6 Å². The van der Waals surface area contributed by atoms with Crippen LogP contribution in [0, 0.1) is 0 Å². The van der Waals surface area contributed by atoms with Gasteiger partial charge in [-0.05, 0) is 30.2 Å². The summed E-state index contributed by atoms with van der Waals surface area (Å²) in [6.07, 6.45) is 0.681. The number of aromatic carboxylic acids is 1. The van der Waals surface area contributed by atoms with Gasteiger partial charge >= 0.3 is 5.97 Å². The first-order valence-corrected chi connectivity index (χ1v) is 4.72. The Bertz CT molecular complexity index is 352. The zero-order chi connectivity index (χ0) is 10.7. The third-order valence-electron chi connectivity index (χ3n) is 2.08. The first-order valence-electron chi connectivity index (χ1n) is 4.34. The van der Waals surface area contributed by atoms with Gasteiger partial charge in [-0.2, -0.15) is 0 Å². The van der Waals surface area contributed by atoms with Crippen molar-refractivity contribution in [1.29, 1.82) is 0 Å². The molecule has 0 spiro atoms. The number of nitrogens with two attached hydrogens (primary N) is 1. The van der Waals surface area contributed by atoms with Crippen LogP contribution in [0.15, 0.2) is 18.2 Å². The molecule has 0 bridgehead atoms. The van der Waals surface area contributed by atoms with E-state index < -0.39 is 5.97 Å². The van der Waals surface area contributed by atoms with Gasteiger partial charge in [-0.3, -0.25) is 0 Å². The summed E-state index contributed by atoms with van der Waals surface area (Å²) in [7, 11) is 0. The van der Waals surface area contributed by atoms with Crippen LogP contribution < -0.4 is 5.73 Å². The van der Waals surface area contributed by atoms with Crippen LogP contribution in [-0.4, -0.2) is 11.1 Å². The minimum atomic E-state index is -0.972. The number of rotatable bonds is 3. The SMILES string of the molecule is CC[C@H](N)c1cc(Cl)ccc1C(=O)O. The molecule has 0 aromatic heterocycles. The second-order valence-corrected chi connectivity index (χ2v) is 3.49. The molecule has 14 heavy (non-hydrogen) atoms. The van der Waals surface area contributed by atoms with Crippen LogP contribution in [0.3, 0.4) is 0 Å². The Morgan fingerprint density at radius 3 is 2.79 bits per heavy atom. The van der Waals surface area contributed by atoms with Gasteiger partial charge in [0, 0.05) is 11.1 Å². The Labute approximate surface area is 87.5 Å². The topological polar surface area (TPSA) is 63.3 Å². The molecule has 0 heterocycles. The van der Waals surface area contributed by atoms with Crippen LogP contribution in [0.4, 0.5) is 0 Å². The molecule has 4 heteroatoms. The largest absolute Gasteiger partial charge is 0.478 e. The van der Waals surface area contributed by atoms with E-state index >= 15 is 0 Å². The minimum absolute atomic E-state index is 0.226. The van der Waals surface area contributed by atoms with Gasteiger partial charge in [0.1, 0.15) is 0 Å². The van der Waals surface area contributed by atoms with Gasteiger partial charge in [0.05, 0.1) is 5.56 Å². The van der Waals surface area contributed by atoms with Gasteiger partial charge in [0.2, 0.25) is 0 Å². The van der Waals surface area contributed by atoms with Gasteiger partial charge in [-0.1, -0.05) is 18.5 Å². The molecule has 76 valence electrons. The van der Waals surface area contributed by atoms with Gasteiger partial charge in [-0.15, -0.1) is 0 Å². The van der Waals surface area contributed by atoms with Crippen LogP contribution in [-0.2, 0) is 0 Å². The van der Waals surface area contributed by atoms with E-state index in [0.717, 1.165) is 0 Å². The summed E-state index contributed by atoms with van der Waals surface area (Å²) in [6, 6.07) is 4.37. The monoisotopic (exact) mass is 213 g/mol. The molecule has 0 amide bonds. The number of carboxylic acids is 1. The summed E-state index contributed by atoms with van der Waals surface area (Å²) >= 11 is 5.77. The van der Waals surface area contributed by atoms with E-state index in [4.69, 9.17) is 22.4 Å². The summed E-state index contributed by atoms with van der Waals surface area (Å²) in [6.45, 7) is 1.90. The highest BCUT2D eigenvalue weighted by Crippen LogP contribution is 2.22. The lowest BCUT2D eigenvalue weighted by atomic mass is 9.99. The molecule has 0 radical (unpaired) electrons. The van der Waals surface area contributed by atoms with Crippen molar-refractivity contribution in [2.24, 2.45) is 5.73 Å². The standard InChI is InChI=1S/C10H12ClNO2/c1-2-9(12)8-5-6(11)3-4-7(8)10(13)14/h3-5,9H,2,12H2,1H3,(H,13,14)/t9-/m0/s1. The summed E-state index contributed by atoms with van der Waals surface area (Å²) in [5, 5.41) is 9.41. The third kappa shape index (κ3) is 2.25. The van der Waals surface area contributed by atoms with Crippen LogP contribution in [0.25, 0.3) is 0 Å². The van der Waals surface area contributed by atoms with Crippen LogP contribution in [0.1, 0.15) is 35.3 Å². The molecule has 0 aliphatic heterocycles. The zero-order valence-electron chi connectivity index (χ0n) is 7.83. The number of carbonyl (C=O) groups is 1. The number of hydrogen-bond acceptors (Lipinski definition) is 2. The fourth-order valence-electron chi connectivity index (χ4n) is 1.26. The average molecular weight is 214 g/mol. The fraction of sp³-hybridized carbons (Fsp3) is 0.300. The second kappa shape index (κ2) is 4.44. The first kappa shape index (κ1) is 11.0. The highest BCUT2D eigenvalue weighted by molar-refractivity contribution is 6.30. The Morgan fingerprint density at radius 1 is 1.64 bits per heavy atom. The lowest BCUT2D eigenvalue weighted by Gasteiger charge is -2.12. The van der Waals surface area contributed by atoms with Crippen LogP contribution in [0.2, 0.25) is 5.02 Å². The van der Waals surface area contributed by atoms with E-state index in [1.165, 1.54) is 6.07 Å². The van der Waals surface area contributed by atoms with E-state index in [1.807, 2.05) is 6.92 Å². The second-order valence-electron chi connectivity index (χ2n) is 3.05. The number of hydrogen-bond donors (Lipinski definition) is 2. The molecule has 3 N–H and O–H groups in total. The molecule has 1 rings (SSSR count). The smallest absolute Gasteiger partial charge is 0.336 e. The molecule has 0 fully saturated rings. The summed E-state index contributed by atoms with van der Waals surface area (Å²) < 4.78 is 0. The van der Waals surface area contributed by atoms with E-state index in [9.17, 15) is 4.79 Å². The van der Waals surface area contributed by atoms with E-state index in [2.05, 4.69) is 0 Å². The summed E-state index contributed by atoms with van der Waals surface area (Å²) in [4.78, 5) is 10.9. The molecule has 0 aliphatic rings. The van der Waals surface area contributed by atoms with Crippen molar-refractivity contribution in [3.63, 3.8) is 0 Å². The molecule has 1 aromatic rings. The predicted octanol–water partition coefficient (Wildman–Crippen LogP) is 2.45. The molecule has 0 saturated carbocycles. The molecule has 3 nitrogen and oxygen atoms in total. The molecular formula is C10H12ClNO2. The minimum Gasteiger partial charge on any atom is -0.478 e. The van der Waals surface area contributed by atoms with E-state index in [1.54, 1.807) is 12.1 Å². The van der Waals surface area contributed by atoms with Crippen molar-refractivity contribution in [3.8, 4) is 0 Å². The predicted molar refractivity (Wildman–Crippen MR) is 55.6 cm³/mol. The number of carboxylic acid groups (broad SMARTS) is 1. The maximum absolute atomic E-state index is 10.9. The van der Waals surface area contributed by atoms with Crippen molar-refractivity contribution in [1.82, 2.24) is 0 Å². The average Bonchev–Trinajstić information content (AvgIpc) is 2.16. The van der Waals surface area contributed by atoms with Gasteiger partial charge in [0.15, 0.2) is 0 Å². The Hall–Kier alpha value is -1.06. The Kier molecular flexibility index (Phi) is 3.49. The molecule has 1 atom stereocenters. The van der Waals surface area contributed by atoms with Crippen molar-refractivity contribution >= 4 is 17.6 Å². The molecule has 1 aromatic carbocycles. The lowest BCUT2D eigenvalue weighted by Crippen LogP contribution is -2.13. The normalized spacial score (nSPS) is 12.5. The number of benzene rings is 1. The molecule has 0 unspecified atom stereocenters. The van der Waals surface area contributed by atoms with Crippen LogP contribution >= 0.6 is 11.6 Å². The maximum Gasteiger partial charge on any atom is 0.336 e. The van der Waals surface area contributed by atoms with Crippen molar-refractivity contribution in [2.45, 2.75) is 19.4 Å². The van der Waals surface area contributed by atoms with Crippen LogP contribution in [0.5, 0.6) is 0 Å².